The molecule has 0 radical (unpaired) electrons. The van der Waals surface area contributed by atoms with Crippen molar-refractivity contribution < 1.29 is 18.5 Å². The van der Waals surface area contributed by atoms with E-state index in [0.29, 0.717) is 5.75 Å². The second-order valence-electron chi connectivity index (χ2n) is 6.95. The van der Waals surface area contributed by atoms with Gasteiger partial charge in [0.15, 0.2) is 5.12 Å². The van der Waals surface area contributed by atoms with Crippen molar-refractivity contribution in [1.29, 1.82) is 0 Å². The molecule has 0 N–H and O–H groups in total. The van der Waals surface area contributed by atoms with Crippen LogP contribution in [0.1, 0.15) is 45.7 Å². The van der Waals surface area contributed by atoms with Crippen molar-refractivity contribution in [2.45, 2.75) is 52.7 Å². The summed E-state index contributed by atoms with van der Waals surface area (Å²) in [7, 11) is -0.550. The summed E-state index contributed by atoms with van der Waals surface area (Å²) in [5, 5.41) is 0.0198. The Kier molecular flexibility index (Phi) is 5.57. The van der Waals surface area contributed by atoms with Crippen molar-refractivity contribution >= 4 is 30.1 Å². The number of rotatable bonds is 4. The van der Waals surface area contributed by atoms with Crippen molar-refractivity contribution in [3.05, 3.63) is 34.8 Å². The van der Waals surface area contributed by atoms with Gasteiger partial charge in [0, 0.05) is 18.9 Å². The van der Waals surface area contributed by atoms with Crippen LogP contribution in [0.5, 0.6) is 0 Å². The fraction of sp³-hybridized carbons (Fsp3) is 0.529. The van der Waals surface area contributed by atoms with Gasteiger partial charge < -0.3 is 9.31 Å². The van der Waals surface area contributed by atoms with E-state index in [1.165, 1.54) is 30.9 Å². The predicted octanol–water partition coefficient (Wildman–Crippen LogP) is 3.82. The van der Waals surface area contributed by atoms with E-state index in [9.17, 15) is 9.18 Å². The monoisotopic (exact) mass is 351 g/mol. The number of hydrogen-bond acceptors (Lipinski definition) is 5. The highest BCUT2D eigenvalue weighted by molar-refractivity contribution is 8.13. The van der Waals surface area contributed by atoms with Crippen LogP contribution < -0.4 is 0 Å². The molecule has 2 heterocycles. The lowest BCUT2D eigenvalue weighted by atomic mass is 9.78. The molecule has 0 spiro atoms. The molecule has 1 aliphatic rings. The molecule has 7 heteroatoms. The summed E-state index contributed by atoms with van der Waals surface area (Å²) in [5.41, 5.74) is 1.45. The van der Waals surface area contributed by atoms with Gasteiger partial charge in [-0.2, -0.15) is 4.39 Å². The molecule has 1 fully saturated rings. The highest BCUT2D eigenvalue weighted by Crippen LogP contribution is 2.39. The average Bonchev–Trinajstić information content (AvgIpc) is 2.65. The fourth-order valence-electron chi connectivity index (χ4n) is 2.24. The van der Waals surface area contributed by atoms with Crippen LogP contribution in [0.2, 0.25) is 0 Å². The quantitative estimate of drug-likeness (QED) is 0.610. The first-order valence-electron chi connectivity index (χ1n) is 7.83. The number of hydrogen-bond donors (Lipinski definition) is 0. The predicted molar refractivity (Wildman–Crippen MR) is 96.1 cm³/mol. The first-order chi connectivity index (χ1) is 11.0. The molecule has 24 heavy (non-hydrogen) atoms. The van der Waals surface area contributed by atoms with Crippen LogP contribution >= 0.6 is 11.8 Å². The van der Waals surface area contributed by atoms with Gasteiger partial charge in [0.1, 0.15) is 0 Å². The van der Waals surface area contributed by atoms with E-state index in [-0.39, 0.29) is 5.12 Å². The summed E-state index contributed by atoms with van der Waals surface area (Å²) < 4.78 is 25.4. The minimum atomic E-state index is -0.550. The third-order valence-corrected chi connectivity index (χ3v) is 5.34. The number of thioether (sulfide) groups is 1. The van der Waals surface area contributed by atoms with Crippen molar-refractivity contribution in [2.24, 2.45) is 0 Å². The van der Waals surface area contributed by atoms with Crippen LogP contribution in [0.3, 0.4) is 0 Å². The molecule has 0 aliphatic carbocycles. The van der Waals surface area contributed by atoms with Crippen LogP contribution in [-0.4, -0.2) is 34.2 Å². The Labute approximate surface area is 147 Å². The molecule has 1 aromatic rings. The molecule has 1 saturated heterocycles. The zero-order chi connectivity index (χ0) is 18.1. The van der Waals surface area contributed by atoms with Crippen LogP contribution in [0, 0.1) is 12.9 Å². The lowest BCUT2D eigenvalue weighted by Crippen LogP contribution is -2.41. The largest absolute Gasteiger partial charge is 0.491 e. The Morgan fingerprint density at radius 3 is 2.42 bits per heavy atom. The molecular weight excluding hydrogens is 328 g/mol. The smallest absolute Gasteiger partial charge is 0.400 e. The minimum absolute atomic E-state index is 0.0198. The molecule has 0 atom stereocenters. The normalized spacial score (nSPS) is 19.6. The van der Waals surface area contributed by atoms with Gasteiger partial charge in [-0.25, -0.2) is 4.98 Å². The van der Waals surface area contributed by atoms with Gasteiger partial charge in [-0.3, -0.25) is 4.79 Å². The summed E-state index contributed by atoms with van der Waals surface area (Å²) >= 11 is 1.19. The summed E-state index contributed by atoms with van der Waals surface area (Å²) in [6.07, 6.45) is 3.36. The van der Waals surface area contributed by atoms with Gasteiger partial charge in [-0.05, 0) is 57.3 Å². The van der Waals surface area contributed by atoms with Crippen LogP contribution in [0.25, 0.3) is 6.08 Å². The van der Waals surface area contributed by atoms with Crippen molar-refractivity contribution in [1.82, 2.24) is 4.98 Å². The molecule has 0 saturated carbocycles. The summed E-state index contributed by atoms with van der Waals surface area (Å²) in [6.45, 7) is 11.3. The lowest BCUT2D eigenvalue weighted by Gasteiger charge is -2.32. The molecular formula is C17H23BFNO3S. The maximum atomic E-state index is 13.2. The van der Waals surface area contributed by atoms with Gasteiger partial charge in [0.05, 0.1) is 11.2 Å². The number of halogens is 1. The topological polar surface area (TPSA) is 48.4 Å². The van der Waals surface area contributed by atoms with Crippen molar-refractivity contribution in [3.8, 4) is 0 Å². The van der Waals surface area contributed by atoms with Crippen LogP contribution in [0.4, 0.5) is 4.39 Å². The lowest BCUT2D eigenvalue weighted by molar-refractivity contribution is -0.109. The van der Waals surface area contributed by atoms with E-state index >= 15 is 0 Å². The van der Waals surface area contributed by atoms with E-state index in [2.05, 4.69) is 4.98 Å². The Hall–Kier alpha value is -1.18. The van der Waals surface area contributed by atoms with Crippen LogP contribution in [0.15, 0.2) is 17.7 Å². The summed E-state index contributed by atoms with van der Waals surface area (Å²) in [6, 6.07) is 1.38. The first-order valence-corrected chi connectivity index (χ1v) is 8.82. The molecule has 130 valence electrons. The second kappa shape index (κ2) is 6.98. The average molecular weight is 351 g/mol. The molecule has 1 aromatic heterocycles. The number of aryl methyl sites for hydroxylation is 1. The zero-order valence-electron chi connectivity index (χ0n) is 15.0. The van der Waals surface area contributed by atoms with Gasteiger partial charge in [0.2, 0.25) is 5.95 Å². The fourth-order valence-corrected chi connectivity index (χ4v) is 2.83. The molecule has 0 unspecified atom stereocenters. The van der Waals surface area contributed by atoms with E-state index < -0.39 is 24.3 Å². The molecule has 2 rings (SSSR count). The van der Waals surface area contributed by atoms with Crippen LogP contribution in [-0.2, 0) is 14.1 Å². The number of aromatic nitrogens is 1. The highest BCUT2D eigenvalue weighted by atomic mass is 32.2. The number of pyridine rings is 1. The third kappa shape index (κ3) is 4.26. The number of nitrogens with zero attached hydrogens (tertiary/aromatic N) is 1. The molecule has 4 nitrogen and oxygen atoms in total. The van der Waals surface area contributed by atoms with Crippen molar-refractivity contribution in [2.75, 3.05) is 5.75 Å². The summed E-state index contributed by atoms with van der Waals surface area (Å²) in [5.74, 6) is -0.0665. The highest BCUT2D eigenvalue weighted by Gasteiger charge is 2.52. The Morgan fingerprint density at radius 2 is 1.92 bits per heavy atom. The zero-order valence-corrected chi connectivity index (χ0v) is 15.8. The van der Waals surface area contributed by atoms with Gasteiger partial charge in [-0.1, -0.05) is 17.8 Å². The SMILES string of the molecule is CC(=O)SCC(=Cc1cnc(F)cc1C)B1OC(C)(C)C(C)(C)O1. The number of carbonyl (C=O) groups is 1. The molecule has 0 amide bonds. The third-order valence-electron chi connectivity index (χ3n) is 4.46. The van der Waals surface area contributed by atoms with E-state index in [4.69, 9.17) is 9.31 Å². The van der Waals surface area contributed by atoms with Crippen molar-refractivity contribution in [3.63, 3.8) is 0 Å². The molecule has 0 bridgehead atoms. The van der Waals surface area contributed by atoms with Gasteiger partial charge in [-0.15, -0.1) is 0 Å². The maximum Gasteiger partial charge on any atom is 0.491 e. The van der Waals surface area contributed by atoms with E-state index in [1.807, 2.05) is 40.7 Å². The van der Waals surface area contributed by atoms with Gasteiger partial charge >= 0.3 is 7.12 Å². The number of carbonyl (C=O) groups excluding carboxylic acids is 1. The maximum absolute atomic E-state index is 13.2. The first kappa shape index (κ1) is 19.2. The minimum Gasteiger partial charge on any atom is -0.400 e. The second-order valence-corrected chi connectivity index (χ2v) is 8.10. The Morgan fingerprint density at radius 1 is 1.33 bits per heavy atom. The molecule has 1 aliphatic heterocycles. The summed E-state index contributed by atoms with van der Waals surface area (Å²) in [4.78, 5) is 15.1. The van der Waals surface area contributed by atoms with Gasteiger partial charge in [0.25, 0.3) is 0 Å². The molecule has 0 aromatic carbocycles. The Balaban J connectivity index is 2.35. The Bertz CT molecular complexity index is 660. The van der Waals surface area contributed by atoms with E-state index in [0.717, 1.165) is 16.6 Å². The standard InChI is InChI=1S/C17H23BFNO3S/c1-11-7-15(19)20-9-13(11)8-14(10-24-12(2)21)18-22-16(3,4)17(5,6)23-18/h7-9H,10H2,1-6H3. The van der Waals surface area contributed by atoms with E-state index in [1.54, 1.807) is 0 Å².